The second kappa shape index (κ2) is 12.6. The second-order valence-electron chi connectivity index (χ2n) is 7.97. The summed E-state index contributed by atoms with van der Waals surface area (Å²) in [6.45, 7) is 2.20. The van der Waals surface area contributed by atoms with Crippen LogP contribution in [0.5, 0.6) is 0 Å². The molecule has 0 spiro atoms. The smallest absolute Gasteiger partial charge is 0.369 e. The van der Waals surface area contributed by atoms with Crippen molar-refractivity contribution in [1.29, 1.82) is 0 Å². The number of aromatic nitrogens is 2. The molecular formula is C22H27BrF3N7O2. The molecule has 190 valence electrons. The first-order valence-electron chi connectivity index (χ1n) is 11.2. The van der Waals surface area contributed by atoms with Crippen LogP contribution in [-0.4, -0.2) is 59.2 Å². The number of anilines is 4. The number of hydrogen-bond donors (Lipinski definition) is 4. The van der Waals surface area contributed by atoms with E-state index in [0.29, 0.717) is 40.6 Å². The molecule has 3 rings (SSSR count). The number of urea groups is 1. The Morgan fingerprint density at radius 2 is 1.86 bits per heavy atom. The Labute approximate surface area is 209 Å². The monoisotopic (exact) mass is 557 g/mol. The fourth-order valence-corrected chi connectivity index (χ4v) is 3.68. The molecule has 0 aliphatic carbocycles. The van der Waals surface area contributed by atoms with Gasteiger partial charge in [0, 0.05) is 50.2 Å². The average molecular weight is 558 g/mol. The Hall–Kier alpha value is -3.09. The summed E-state index contributed by atoms with van der Waals surface area (Å²) in [5, 5.41) is 11.6. The normalized spacial score (nSPS) is 13.4. The fraction of sp³-hybridized carbons (Fsp3) is 0.455. The van der Waals surface area contributed by atoms with E-state index in [0.717, 1.165) is 25.9 Å². The molecule has 0 radical (unpaired) electrons. The van der Waals surface area contributed by atoms with Gasteiger partial charge in [-0.2, -0.15) is 18.2 Å². The predicted octanol–water partition coefficient (Wildman–Crippen LogP) is 4.87. The molecule has 0 bridgehead atoms. The summed E-state index contributed by atoms with van der Waals surface area (Å²) in [5.74, 6) is 0.222. The zero-order chi connectivity index (χ0) is 25.3. The van der Waals surface area contributed by atoms with Crippen molar-refractivity contribution in [3.05, 3.63) is 34.9 Å². The number of hydrogen-bond acceptors (Lipinski definition) is 6. The summed E-state index contributed by atoms with van der Waals surface area (Å²) >= 11 is 3.37. The van der Waals surface area contributed by atoms with Crippen molar-refractivity contribution >= 4 is 51.0 Å². The number of carbonyl (C=O) groups excluding carboxylic acids is 2. The molecule has 35 heavy (non-hydrogen) atoms. The minimum atomic E-state index is -4.34. The standard InChI is InChI=1S/C22H27BrF3N7O2/c23-17-14-29-20(32-19(17)28-10-4-9-27-18(34)7-8-22(24,25)26)30-15-5-3-6-16(13-15)31-21(35)33-11-1-2-12-33/h3,5-6,13-14H,1-2,4,7-12H2,(H,27,34)(H,31,35)(H2,28,29,30,32). The SMILES string of the molecule is O=C(CCC(F)(F)F)NCCCNc1nc(Nc2cccc(NC(=O)N3CCCC3)c2)ncc1Br. The number of amides is 3. The molecule has 3 amide bonds. The van der Waals surface area contributed by atoms with Crippen molar-refractivity contribution in [3.8, 4) is 0 Å². The van der Waals surface area contributed by atoms with Crippen LogP contribution in [0.4, 0.5) is 41.1 Å². The first-order chi connectivity index (χ1) is 16.7. The molecule has 1 saturated heterocycles. The molecule has 0 atom stereocenters. The Morgan fingerprint density at radius 3 is 2.60 bits per heavy atom. The highest BCUT2D eigenvalue weighted by Crippen LogP contribution is 2.24. The molecule has 1 aromatic carbocycles. The van der Waals surface area contributed by atoms with Crippen LogP contribution < -0.4 is 21.3 Å². The highest BCUT2D eigenvalue weighted by Gasteiger charge is 2.27. The third kappa shape index (κ3) is 9.23. The van der Waals surface area contributed by atoms with Crippen molar-refractivity contribution < 1.29 is 22.8 Å². The highest BCUT2D eigenvalue weighted by molar-refractivity contribution is 9.10. The largest absolute Gasteiger partial charge is 0.389 e. The van der Waals surface area contributed by atoms with Gasteiger partial charge in [0.2, 0.25) is 11.9 Å². The van der Waals surface area contributed by atoms with Crippen LogP contribution in [0.1, 0.15) is 32.1 Å². The lowest BCUT2D eigenvalue weighted by atomic mass is 10.3. The van der Waals surface area contributed by atoms with E-state index in [2.05, 4.69) is 47.2 Å². The van der Waals surface area contributed by atoms with Gasteiger partial charge in [0.15, 0.2) is 0 Å². The number of carbonyl (C=O) groups is 2. The zero-order valence-electron chi connectivity index (χ0n) is 18.9. The third-order valence-corrected chi connectivity index (χ3v) is 5.69. The number of alkyl halides is 3. The number of rotatable bonds is 10. The summed E-state index contributed by atoms with van der Waals surface area (Å²) in [4.78, 5) is 34.2. The second-order valence-corrected chi connectivity index (χ2v) is 8.82. The maximum atomic E-state index is 12.3. The van der Waals surface area contributed by atoms with Gasteiger partial charge in [-0.25, -0.2) is 9.78 Å². The van der Waals surface area contributed by atoms with Gasteiger partial charge in [0.25, 0.3) is 0 Å². The number of nitrogens with zero attached hydrogens (tertiary/aromatic N) is 3. The third-order valence-electron chi connectivity index (χ3n) is 5.11. The Kier molecular flexibility index (Phi) is 9.52. The topological polar surface area (TPSA) is 111 Å². The van der Waals surface area contributed by atoms with Gasteiger partial charge in [-0.1, -0.05) is 6.07 Å². The Balaban J connectivity index is 1.47. The lowest BCUT2D eigenvalue weighted by Crippen LogP contribution is -2.32. The van der Waals surface area contributed by atoms with Crippen molar-refractivity contribution in [2.75, 3.05) is 42.1 Å². The van der Waals surface area contributed by atoms with Crippen molar-refractivity contribution in [2.24, 2.45) is 0 Å². The fourth-order valence-electron chi connectivity index (χ4n) is 3.34. The summed E-state index contributed by atoms with van der Waals surface area (Å²) < 4.78 is 37.1. The molecular weight excluding hydrogens is 531 g/mol. The first-order valence-corrected chi connectivity index (χ1v) is 12.0. The summed E-state index contributed by atoms with van der Waals surface area (Å²) in [6.07, 6.45) is -1.94. The molecule has 1 aromatic heterocycles. The van der Waals surface area contributed by atoms with Crippen molar-refractivity contribution in [2.45, 2.75) is 38.3 Å². The van der Waals surface area contributed by atoms with Crippen LogP contribution in [0.25, 0.3) is 0 Å². The zero-order valence-corrected chi connectivity index (χ0v) is 20.5. The molecule has 0 saturated carbocycles. The molecule has 1 aliphatic rings. The maximum Gasteiger partial charge on any atom is 0.389 e. The minimum absolute atomic E-state index is 0.123. The maximum absolute atomic E-state index is 12.3. The molecule has 1 fully saturated rings. The Morgan fingerprint density at radius 1 is 1.11 bits per heavy atom. The summed E-state index contributed by atoms with van der Waals surface area (Å²) in [7, 11) is 0. The van der Waals surface area contributed by atoms with E-state index in [9.17, 15) is 22.8 Å². The molecule has 13 heteroatoms. The number of benzene rings is 1. The van der Waals surface area contributed by atoms with Gasteiger partial charge in [0.05, 0.1) is 10.9 Å². The lowest BCUT2D eigenvalue weighted by molar-refractivity contribution is -0.144. The summed E-state index contributed by atoms with van der Waals surface area (Å²) in [5.41, 5.74) is 1.35. The van der Waals surface area contributed by atoms with Crippen LogP contribution in [-0.2, 0) is 4.79 Å². The molecule has 1 aliphatic heterocycles. The number of nitrogens with one attached hydrogen (secondary N) is 4. The van der Waals surface area contributed by atoms with Crippen LogP contribution in [0.3, 0.4) is 0 Å². The van der Waals surface area contributed by atoms with Crippen LogP contribution in [0, 0.1) is 0 Å². The molecule has 4 N–H and O–H groups in total. The van der Waals surface area contributed by atoms with E-state index in [1.807, 2.05) is 12.1 Å². The van der Waals surface area contributed by atoms with E-state index in [1.165, 1.54) is 0 Å². The minimum Gasteiger partial charge on any atom is -0.369 e. The Bertz CT molecular complexity index is 1020. The van der Waals surface area contributed by atoms with Gasteiger partial charge in [-0.05, 0) is 53.4 Å². The predicted molar refractivity (Wildman–Crippen MR) is 131 cm³/mol. The van der Waals surface area contributed by atoms with E-state index < -0.39 is 24.9 Å². The average Bonchev–Trinajstić information content (AvgIpc) is 3.34. The van der Waals surface area contributed by atoms with Gasteiger partial charge in [-0.15, -0.1) is 0 Å². The summed E-state index contributed by atoms with van der Waals surface area (Å²) in [6, 6.07) is 7.10. The molecule has 0 unspecified atom stereocenters. The number of halogens is 4. The van der Waals surface area contributed by atoms with Crippen LogP contribution in [0.15, 0.2) is 34.9 Å². The van der Waals surface area contributed by atoms with Gasteiger partial charge in [0.1, 0.15) is 5.82 Å². The van der Waals surface area contributed by atoms with Gasteiger partial charge < -0.3 is 26.2 Å². The molecule has 2 aromatic rings. The van der Waals surface area contributed by atoms with Crippen molar-refractivity contribution in [1.82, 2.24) is 20.2 Å². The van der Waals surface area contributed by atoms with E-state index in [4.69, 9.17) is 0 Å². The van der Waals surface area contributed by atoms with E-state index in [1.54, 1.807) is 23.2 Å². The van der Waals surface area contributed by atoms with Crippen LogP contribution in [0.2, 0.25) is 0 Å². The van der Waals surface area contributed by atoms with Crippen molar-refractivity contribution in [3.63, 3.8) is 0 Å². The lowest BCUT2D eigenvalue weighted by Gasteiger charge is -2.16. The van der Waals surface area contributed by atoms with E-state index >= 15 is 0 Å². The molecule has 9 nitrogen and oxygen atoms in total. The quantitative estimate of drug-likeness (QED) is 0.310. The highest BCUT2D eigenvalue weighted by atomic mass is 79.9. The van der Waals surface area contributed by atoms with Gasteiger partial charge in [-0.3, -0.25) is 4.79 Å². The van der Waals surface area contributed by atoms with Crippen LogP contribution >= 0.6 is 15.9 Å². The first kappa shape index (κ1) is 26.5. The van der Waals surface area contributed by atoms with Gasteiger partial charge >= 0.3 is 12.2 Å². The molecule has 2 heterocycles. The van der Waals surface area contributed by atoms with E-state index in [-0.39, 0.29) is 12.6 Å². The number of likely N-dealkylation sites (tertiary alicyclic amines) is 1.